The first kappa shape index (κ1) is 18.8. The monoisotopic (exact) mass is 293 g/mol. The van der Waals surface area contributed by atoms with Crippen molar-refractivity contribution >= 4 is 11.9 Å². The lowest BCUT2D eigenvalue weighted by atomic mass is 10.1. The van der Waals surface area contributed by atoms with Crippen molar-refractivity contribution < 1.29 is 34.4 Å². The molecule has 0 rings (SSSR count). The Labute approximate surface area is 117 Å². The van der Waals surface area contributed by atoms with Crippen LogP contribution in [0, 0.1) is 5.92 Å². The van der Waals surface area contributed by atoms with E-state index in [9.17, 15) is 9.59 Å². The van der Waals surface area contributed by atoms with E-state index in [1.807, 2.05) is 0 Å². The molecule has 0 aromatic carbocycles. The fourth-order valence-electron chi connectivity index (χ4n) is 1.64. The average molecular weight is 293 g/mol. The third kappa shape index (κ3) is 8.05. The lowest BCUT2D eigenvalue weighted by molar-refractivity contribution is -0.160. The van der Waals surface area contributed by atoms with E-state index in [1.165, 1.54) is 7.11 Å². The highest BCUT2D eigenvalue weighted by Crippen LogP contribution is 2.08. The summed E-state index contributed by atoms with van der Waals surface area (Å²) in [6, 6.07) is 0. The fraction of sp³-hybridized carbons (Fsp3) is 0.833. The Bertz CT molecular complexity index is 279. The SMILES string of the molecule is COC(=O)COC(=O)C(CCO)CN(CCO)CCO. The van der Waals surface area contributed by atoms with Gasteiger partial charge in [0.1, 0.15) is 0 Å². The first-order valence-electron chi connectivity index (χ1n) is 6.37. The van der Waals surface area contributed by atoms with Gasteiger partial charge in [0.25, 0.3) is 0 Å². The Morgan fingerprint density at radius 1 is 1.10 bits per heavy atom. The number of esters is 2. The molecule has 0 aromatic heterocycles. The Hall–Kier alpha value is -1.22. The highest BCUT2D eigenvalue weighted by Gasteiger charge is 2.23. The van der Waals surface area contributed by atoms with Crippen molar-refractivity contribution in [2.45, 2.75) is 6.42 Å². The first-order valence-corrected chi connectivity index (χ1v) is 6.37. The number of aliphatic hydroxyl groups is 3. The molecule has 1 atom stereocenters. The van der Waals surface area contributed by atoms with Crippen LogP contribution in [0.2, 0.25) is 0 Å². The van der Waals surface area contributed by atoms with E-state index in [0.717, 1.165) is 0 Å². The molecule has 0 spiro atoms. The lowest BCUT2D eigenvalue weighted by Crippen LogP contribution is -2.38. The van der Waals surface area contributed by atoms with Crippen molar-refractivity contribution in [3.8, 4) is 0 Å². The van der Waals surface area contributed by atoms with Gasteiger partial charge >= 0.3 is 11.9 Å². The molecule has 3 N–H and O–H groups in total. The van der Waals surface area contributed by atoms with Crippen LogP contribution in [-0.2, 0) is 19.1 Å². The maximum absolute atomic E-state index is 11.8. The number of hydrogen-bond acceptors (Lipinski definition) is 8. The summed E-state index contributed by atoms with van der Waals surface area (Å²) < 4.78 is 9.15. The molecule has 0 aromatic rings. The molecule has 0 amide bonds. The average Bonchev–Trinajstić information content (AvgIpc) is 2.44. The van der Waals surface area contributed by atoms with Gasteiger partial charge in [-0.05, 0) is 6.42 Å². The van der Waals surface area contributed by atoms with E-state index < -0.39 is 24.5 Å². The Morgan fingerprint density at radius 3 is 2.15 bits per heavy atom. The van der Waals surface area contributed by atoms with Crippen LogP contribution in [0.3, 0.4) is 0 Å². The summed E-state index contributed by atoms with van der Waals surface area (Å²) in [5.41, 5.74) is 0. The predicted octanol–water partition coefficient (Wildman–Crippen LogP) is -2.01. The number of nitrogens with zero attached hydrogens (tertiary/aromatic N) is 1. The molecule has 0 fully saturated rings. The summed E-state index contributed by atoms with van der Waals surface area (Å²) in [7, 11) is 1.19. The molecule has 0 radical (unpaired) electrons. The molecular formula is C12H23NO7. The van der Waals surface area contributed by atoms with Gasteiger partial charge < -0.3 is 24.8 Å². The Morgan fingerprint density at radius 2 is 1.70 bits per heavy atom. The van der Waals surface area contributed by atoms with Crippen molar-refractivity contribution in [1.82, 2.24) is 4.90 Å². The van der Waals surface area contributed by atoms with Gasteiger partial charge in [0.05, 0.1) is 26.2 Å². The summed E-state index contributed by atoms with van der Waals surface area (Å²) in [4.78, 5) is 24.4. The van der Waals surface area contributed by atoms with Crippen LogP contribution in [0.25, 0.3) is 0 Å². The molecule has 8 nitrogen and oxygen atoms in total. The molecular weight excluding hydrogens is 270 g/mol. The van der Waals surface area contributed by atoms with Crippen LogP contribution in [-0.4, -0.2) is 85.3 Å². The van der Waals surface area contributed by atoms with Gasteiger partial charge in [-0.1, -0.05) is 0 Å². The van der Waals surface area contributed by atoms with Crippen LogP contribution in [0.1, 0.15) is 6.42 Å². The molecule has 0 heterocycles. The zero-order valence-electron chi connectivity index (χ0n) is 11.7. The van der Waals surface area contributed by atoms with E-state index in [1.54, 1.807) is 4.90 Å². The molecule has 0 saturated heterocycles. The number of hydrogen-bond donors (Lipinski definition) is 3. The van der Waals surface area contributed by atoms with Gasteiger partial charge in [-0.15, -0.1) is 0 Å². The minimum Gasteiger partial charge on any atom is -0.466 e. The smallest absolute Gasteiger partial charge is 0.344 e. The maximum atomic E-state index is 11.8. The number of carbonyl (C=O) groups excluding carboxylic acids is 2. The van der Waals surface area contributed by atoms with Crippen molar-refractivity contribution in [3.05, 3.63) is 0 Å². The standard InChI is InChI=1S/C12H23NO7/c1-19-11(17)9-20-12(18)10(2-5-14)8-13(3-6-15)4-7-16/h10,14-16H,2-9H2,1H3. The lowest BCUT2D eigenvalue weighted by Gasteiger charge is -2.24. The van der Waals surface area contributed by atoms with Crippen LogP contribution in [0.5, 0.6) is 0 Å². The van der Waals surface area contributed by atoms with Crippen molar-refractivity contribution in [3.63, 3.8) is 0 Å². The second-order valence-corrected chi connectivity index (χ2v) is 4.14. The number of ether oxygens (including phenoxy) is 2. The number of carbonyl (C=O) groups is 2. The Kier molecular flexibility index (Phi) is 10.9. The van der Waals surface area contributed by atoms with Gasteiger partial charge in [0, 0.05) is 26.2 Å². The van der Waals surface area contributed by atoms with Crippen LogP contribution < -0.4 is 0 Å². The number of rotatable bonds is 11. The molecule has 0 bridgehead atoms. The quantitative estimate of drug-likeness (QED) is 0.374. The van der Waals surface area contributed by atoms with E-state index in [0.29, 0.717) is 13.1 Å². The summed E-state index contributed by atoms with van der Waals surface area (Å²) in [6.45, 7) is -0.0747. The van der Waals surface area contributed by atoms with Gasteiger partial charge in [-0.2, -0.15) is 0 Å². The van der Waals surface area contributed by atoms with Crippen LogP contribution >= 0.6 is 0 Å². The third-order valence-corrected chi connectivity index (χ3v) is 2.68. The zero-order valence-corrected chi connectivity index (χ0v) is 11.7. The maximum Gasteiger partial charge on any atom is 0.344 e. The second-order valence-electron chi connectivity index (χ2n) is 4.14. The van der Waals surface area contributed by atoms with Crippen LogP contribution in [0.4, 0.5) is 0 Å². The summed E-state index contributed by atoms with van der Waals surface area (Å²) in [6.07, 6.45) is 0.174. The third-order valence-electron chi connectivity index (χ3n) is 2.68. The van der Waals surface area contributed by atoms with E-state index in [-0.39, 0.29) is 32.8 Å². The van der Waals surface area contributed by atoms with Gasteiger partial charge in [0.2, 0.25) is 0 Å². The fourth-order valence-corrected chi connectivity index (χ4v) is 1.64. The molecule has 118 valence electrons. The van der Waals surface area contributed by atoms with Crippen molar-refractivity contribution in [2.24, 2.45) is 5.92 Å². The molecule has 0 aliphatic rings. The number of methoxy groups -OCH3 is 1. The first-order chi connectivity index (χ1) is 9.58. The summed E-state index contributed by atoms with van der Waals surface area (Å²) >= 11 is 0. The van der Waals surface area contributed by atoms with Crippen molar-refractivity contribution in [1.29, 1.82) is 0 Å². The van der Waals surface area contributed by atoms with Gasteiger partial charge in [-0.3, -0.25) is 9.69 Å². The van der Waals surface area contributed by atoms with Gasteiger partial charge in [0.15, 0.2) is 6.61 Å². The topological polar surface area (TPSA) is 117 Å². The molecule has 0 saturated carbocycles. The summed E-state index contributed by atoms with van der Waals surface area (Å²) in [5, 5.41) is 26.8. The summed E-state index contributed by atoms with van der Waals surface area (Å²) in [5.74, 6) is -1.92. The highest BCUT2D eigenvalue weighted by atomic mass is 16.6. The normalized spacial score (nSPS) is 12.2. The predicted molar refractivity (Wildman–Crippen MR) is 68.8 cm³/mol. The molecule has 20 heavy (non-hydrogen) atoms. The molecule has 8 heteroatoms. The van der Waals surface area contributed by atoms with Gasteiger partial charge in [-0.25, -0.2) is 4.79 Å². The largest absolute Gasteiger partial charge is 0.466 e. The minimum absolute atomic E-state index is 0.108. The molecule has 0 aliphatic carbocycles. The van der Waals surface area contributed by atoms with E-state index >= 15 is 0 Å². The highest BCUT2D eigenvalue weighted by molar-refractivity contribution is 5.77. The zero-order chi connectivity index (χ0) is 15.4. The second kappa shape index (κ2) is 11.6. The molecule has 1 unspecified atom stereocenters. The molecule has 0 aliphatic heterocycles. The number of aliphatic hydroxyl groups excluding tert-OH is 3. The van der Waals surface area contributed by atoms with E-state index in [4.69, 9.17) is 20.1 Å². The van der Waals surface area contributed by atoms with Crippen molar-refractivity contribution in [2.75, 3.05) is 53.2 Å². The minimum atomic E-state index is -0.663. The Balaban J connectivity index is 4.43. The van der Waals surface area contributed by atoms with Crippen LogP contribution in [0.15, 0.2) is 0 Å². The van der Waals surface area contributed by atoms with E-state index in [2.05, 4.69) is 4.74 Å².